The van der Waals surface area contributed by atoms with Gasteiger partial charge in [-0.3, -0.25) is 10.1 Å². The van der Waals surface area contributed by atoms with Crippen molar-refractivity contribution in [2.24, 2.45) is 5.10 Å². The largest absolute Gasteiger partial charge is 0.354 e. The molecule has 4 rings (SSSR count). The lowest BCUT2D eigenvalue weighted by Crippen LogP contribution is -2.20. The Morgan fingerprint density at radius 1 is 1.06 bits per heavy atom. The normalized spacial score (nSPS) is 13.0. The summed E-state index contributed by atoms with van der Waals surface area (Å²) >= 11 is 1.65. The van der Waals surface area contributed by atoms with Crippen LogP contribution in [0.25, 0.3) is 0 Å². The predicted molar refractivity (Wildman–Crippen MR) is 121 cm³/mol. The smallest absolute Gasteiger partial charge is 0.276 e. The first-order valence-electron chi connectivity index (χ1n) is 9.24. The number of aryl methyl sites for hydroxylation is 1. The van der Waals surface area contributed by atoms with E-state index in [0.717, 1.165) is 32.8 Å². The molecule has 0 aliphatic carbocycles. The number of hydrazone groups is 1. The Morgan fingerprint density at radius 3 is 2.58 bits per heavy atom. The molecule has 10 heteroatoms. The van der Waals surface area contributed by atoms with E-state index >= 15 is 0 Å². The molecule has 1 heterocycles. The SMILES string of the molecule is C/C(=N\NS(=O)(=O)c1ccc(C)c([N+](=O)[O-])c1)c1ccc2c(c1)Nc1ccccc1S2. The summed E-state index contributed by atoms with van der Waals surface area (Å²) in [6.45, 7) is 3.23. The fourth-order valence-electron chi connectivity index (χ4n) is 3.06. The van der Waals surface area contributed by atoms with E-state index in [1.807, 2.05) is 42.5 Å². The predicted octanol–water partition coefficient (Wildman–Crippen LogP) is 4.81. The molecule has 1 aliphatic rings. The first kappa shape index (κ1) is 20.9. The number of sulfonamides is 1. The molecule has 2 N–H and O–H groups in total. The molecule has 1 aliphatic heterocycles. The number of nitro groups is 1. The third-order valence-corrected chi connectivity index (χ3v) is 7.15. The Hall–Kier alpha value is -3.37. The lowest BCUT2D eigenvalue weighted by molar-refractivity contribution is -0.385. The van der Waals surface area contributed by atoms with Crippen LogP contribution in [0.1, 0.15) is 18.1 Å². The molecule has 0 saturated carbocycles. The first-order valence-corrected chi connectivity index (χ1v) is 11.5. The Labute approximate surface area is 183 Å². The van der Waals surface area contributed by atoms with E-state index < -0.39 is 14.9 Å². The number of hydrogen-bond donors (Lipinski definition) is 2. The third kappa shape index (κ3) is 4.25. The zero-order valence-corrected chi connectivity index (χ0v) is 18.3. The van der Waals surface area contributed by atoms with Crippen molar-refractivity contribution in [3.05, 3.63) is 81.9 Å². The molecule has 3 aromatic rings. The minimum Gasteiger partial charge on any atom is -0.354 e. The summed E-state index contributed by atoms with van der Waals surface area (Å²) in [6.07, 6.45) is 0. The number of rotatable bonds is 5. The Balaban J connectivity index is 1.57. The number of anilines is 2. The van der Waals surface area contributed by atoms with Crippen molar-refractivity contribution >= 4 is 44.6 Å². The number of benzene rings is 3. The fourth-order valence-corrected chi connectivity index (χ4v) is 4.91. The van der Waals surface area contributed by atoms with Crippen molar-refractivity contribution in [3.8, 4) is 0 Å². The highest BCUT2D eigenvalue weighted by Crippen LogP contribution is 2.44. The average molecular weight is 455 g/mol. The number of nitro benzene ring substituents is 1. The highest BCUT2D eigenvalue weighted by molar-refractivity contribution is 7.99. The second-order valence-electron chi connectivity index (χ2n) is 6.93. The second-order valence-corrected chi connectivity index (χ2v) is 9.68. The van der Waals surface area contributed by atoms with Gasteiger partial charge in [0.2, 0.25) is 0 Å². The van der Waals surface area contributed by atoms with Crippen molar-refractivity contribution in [2.75, 3.05) is 5.32 Å². The summed E-state index contributed by atoms with van der Waals surface area (Å²) in [5.74, 6) is 0. The van der Waals surface area contributed by atoms with Crippen LogP contribution in [0.15, 0.2) is 80.5 Å². The topological polar surface area (TPSA) is 114 Å². The fraction of sp³-hybridized carbons (Fsp3) is 0.0952. The van der Waals surface area contributed by atoms with Gasteiger partial charge in [-0.1, -0.05) is 36.0 Å². The zero-order valence-electron chi connectivity index (χ0n) is 16.6. The van der Waals surface area contributed by atoms with Crippen LogP contribution in [0.4, 0.5) is 17.1 Å². The van der Waals surface area contributed by atoms with Crippen molar-refractivity contribution in [2.45, 2.75) is 28.5 Å². The molecule has 31 heavy (non-hydrogen) atoms. The van der Waals surface area contributed by atoms with E-state index in [4.69, 9.17) is 0 Å². The highest BCUT2D eigenvalue weighted by atomic mass is 32.2. The molecule has 0 fully saturated rings. The van der Waals surface area contributed by atoms with Crippen molar-refractivity contribution in [3.63, 3.8) is 0 Å². The molecule has 3 aromatic carbocycles. The van der Waals surface area contributed by atoms with E-state index in [2.05, 4.69) is 15.2 Å². The van der Waals surface area contributed by atoms with E-state index in [-0.39, 0.29) is 10.6 Å². The Morgan fingerprint density at radius 2 is 1.81 bits per heavy atom. The standard InChI is InChI=1S/C21H18N4O4S2/c1-13-7-9-16(12-19(13)25(26)27)31(28,29)24-23-14(2)15-8-10-21-18(11-15)22-17-5-3-4-6-20(17)30-21/h3-12,22,24H,1-2H3/b23-14+. The molecule has 0 saturated heterocycles. The van der Waals surface area contributed by atoms with E-state index in [9.17, 15) is 18.5 Å². The molecular formula is C21H18N4O4S2. The first-order chi connectivity index (χ1) is 14.7. The molecule has 0 atom stereocenters. The third-order valence-electron chi connectivity index (χ3n) is 4.79. The summed E-state index contributed by atoms with van der Waals surface area (Å²) in [4.78, 5) is 14.6. The van der Waals surface area contributed by atoms with Gasteiger partial charge in [0.1, 0.15) is 0 Å². The van der Waals surface area contributed by atoms with Crippen LogP contribution in [0.3, 0.4) is 0 Å². The molecule has 8 nitrogen and oxygen atoms in total. The van der Waals surface area contributed by atoms with E-state index in [0.29, 0.717) is 11.3 Å². The summed E-state index contributed by atoms with van der Waals surface area (Å²) in [6, 6.07) is 17.4. The molecule has 0 radical (unpaired) electrons. The minimum absolute atomic E-state index is 0.221. The maximum Gasteiger partial charge on any atom is 0.276 e. The average Bonchev–Trinajstić information content (AvgIpc) is 2.75. The second kappa shape index (κ2) is 8.05. The zero-order chi connectivity index (χ0) is 22.2. The van der Waals surface area contributed by atoms with E-state index in [1.54, 1.807) is 25.6 Å². The van der Waals surface area contributed by atoms with Crippen LogP contribution in [-0.4, -0.2) is 19.1 Å². The molecule has 0 aromatic heterocycles. The van der Waals surface area contributed by atoms with Crippen LogP contribution in [-0.2, 0) is 10.0 Å². The van der Waals surface area contributed by atoms with E-state index in [1.165, 1.54) is 12.1 Å². The summed E-state index contributed by atoms with van der Waals surface area (Å²) in [5.41, 5.74) is 3.23. The van der Waals surface area contributed by atoms with Gasteiger partial charge in [0.25, 0.3) is 15.7 Å². The summed E-state index contributed by atoms with van der Waals surface area (Å²) in [5, 5.41) is 18.5. The van der Waals surface area contributed by atoms with Gasteiger partial charge in [0.05, 0.1) is 26.9 Å². The lowest BCUT2D eigenvalue weighted by Gasteiger charge is -2.21. The number of fused-ring (bicyclic) bond motifs is 2. The quantitative estimate of drug-likeness (QED) is 0.254. The molecular weight excluding hydrogens is 436 g/mol. The van der Waals surface area contributed by atoms with Gasteiger partial charge in [0, 0.05) is 21.4 Å². The molecule has 0 amide bonds. The number of nitrogens with zero attached hydrogens (tertiary/aromatic N) is 2. The summed E-state index contributed by atoms with van der Waals surface area (Å²) < 4.78 is 25.1. The van der Waals surface area contributed by atoms with Crippen LogP contribution in [0.2, 0.25) is 0 Å². The van der Waals surface area contributed by atoms with Crippen LogP contribution < -0.4 is 10.1 Å². The maximum absolute atomic E-state index is 12.6. The Kier molecular flexibility index (Phi) is 5.42. The van der Waals surface area contributed by atoms with Crippen molar-refractivity contribution in [1.82, 2.24) is 4.83 Å². The monoisotopic (exact) mass is 454 g/mol. The number of nitrogens with one attached hydrogen (secondary N) is 2. The molecule has 158 valence electrons. The van der Waals surface area contributed by atoms with Gasteiger partial charge in [-0.25, -0.2) is 0 Å². The van der Waals surface area contributed by atoms with Gasteiger partial charge in [0.15, 0.2) is 0 Å². The van der Waals surface area contributed by atoms with Crippen molar-refractivity contribution < 1.29 is 13.3 Å². The van der Waals surface area contributed by atoms with Gasteiger partial charge in [-0.2, -0.15) is 18.4 Å². The van der Waals surface area contributed by atoms with Gasteiger partial charge in [-0.15, -0.1) is 0 Å². The van der Waals surface area contributed by atoms with Gasteiger partial charge >= 0.3 is 0 Å². The van der Waals surface area contributed by atoms with Crippen molar-refractivity contribution in [1.29, 1.82) is 0 Å². The van der Waals surface area contributed by atoms with Crippen LogP contribution in [0, 0.1) is 17.0 Å². The van der Waals surface area contributed by atoms with Crippen LogP contribution in [0.5, 0.6) is 0 Å². The lowest BCUT2D eigenvalue weighted by atomic mass is 10.1. The maximum atomic E-state index is 12.6. The molecule has 0 bridgehead atoms. The van der Waals surface area contributed by atoms with Gasteiger partial charge < -0.3 is 5.32 Å². The Bertz CT molecular complexity index is 1340. The molecule has 0 spiro atoms. The van der Waals surface area contributed by atoms with Gasteiger partial charge in [-0.05, 0) is 49.7 Å². The minimum atomic E-state index is -4.06. The number of hydrogen-bond acceptors (Lipinski definition) is 7. The number of para-hydroxylation sites is 1. The van der Waals surface area contributed by atoms with Crippen LogP contribution >= 0.6 is 11.8 Å². The molecule has 0 unspecified atom stereocenters. The summed E-state index contributed by atoms with van der Waals surface area (Å²) in [7, 11) is -4.06. The highest BCUT2D eigenvalue weighted by Gasteiger charge is 2.20.